The molecule has 0 aromatic heterocycles. The van der Waals surface area contributed by atoms with E-state index < -0.39 is 0 Å². The number of carbonyl (C=O) groups excluding carboxylic acids is 2. The molecule has 0 aliphatic carbocycles. The van der Waals surface area contributed by atoms with E-state index in [9.17, 15) is 14.0 Å². The van der Waals surface area contributed by atoms with Crippen molar-refractivity contribution in [1.29, 1.82) is 0 Å². The highest BCUT2D eigenvalue weighted by molar-refractivity contribution is 8.01. The molecule has 2 aromatic rings. The number of thioether (sulfide) groups is 1. The van der Waals surface area contributed by atoms with Gasteiger partial charge in [-0.1, -0.05) is 18.7 Å². The van der Waals surface area contributed by atoms with E-state index in [1.165, 1.54) is 18.2 Å². The average Bonchev–Trinajstić information content (AvgIpc) is 2.82. The highest BCUT2D eigenvalue weighted by Gasteiger charge is 2.40. The van der Waals surface area contributed by atoms with Crippen LogP contribution in [0.2, 0.25) is 0 Å². The lowest BCUT2D eigenvalue weighted by Gasteiger charge is -2.50. The minimum Gasteiger partial charge on any atom is -0.508 e. The van der Waals surface area contributed by atoms with Crippen LogP contribution in [0.5, 0.6) is 5.75 Å². The molecule has 3 saturated heterocycles. The Hall–Kier alpha value is -2.84. The Morgan fingerprint density at radius 3 is 2.51 bits per heavy atom. The first-order valence-corrected chi connectivity index (χ1v) is 12.7. The molecule has 5 rings (SSSR count). The van der Waals surface area contributed by atoms with Gasteiger partial charge in [-0.2, -0.15) is 0 Å². The third-order valence-electron chi connectivity index (χ3n) is 6.40. The molecule has 2 bridgehead atoms. The molecule has 0 spiro atoms. The van der Waals surface area contributed by atoms with Gasteiger partial charge in [0.2, 0.25) is 5.91 Å². The number of nitrogens with zero attached hydrogens (tertiary/aromatic N) is 2. The Labute approximate surface area is 211 Å². The molecule has 3 heterocycles. The van der Waals surface area contributed by atoms with Crippen molar-refractivity contribution >= 4 is 23.6 Å². The molecule has 3 fully saturated rings. The summed E-state index contributed by atoms with van der Waals surface area (Å²) in [5.74, 6) is -0.0925. The van der Waals surface area contributed by atoms with E-state index in [1.807, 2.05) is 28.8 Å². The van der Waals surface area contributed by atoms with Crippen molar-refractivity contribution < 1.29 is 19.1 Å². The van der Waals surface area contributed by atoms with Gasteiger partial charge >= 0.3 is 0 Å². The summed E-state index contributed by atoms with van der Waals surface area (Å²) in [7, 11) is 1.56. The maximum absolute atomic E-state index is 13.7. The normalized spacial score (nSPS) is 21.5. The van der Waals surface area contributed by atoms with E-state index in [4.69, 9.17) is 5.11 Å². The van der Waals surface area contributed by atoms with Crippen LogP contribution in [0.25, 0.3) is 0 Å². The fourth-order valence-corrected chi connectivity index (χ4v) is 5.73. The van der Waals surface area contributed by atoms with Gasteiger partial charge in [0.05, 0.1) is 5.37 Å². The van der Waals surface area contributed by atoms with Crippen molar-refractivity contribution in [2.75, 3.05) is 26.7 Å². The van der Waals surface area contributed by atoms with Crippen molar-refractivity contribution in [2.45, 2.75) is 43.4 Å². The highest BCUT2D eigenvalue weighted by Crippen LogP contribution is 2.41. The predicted molar refractivity (Wildman–Crippen MR) is 139 cm³/mol. The number of carbonyl (C=O) groups is 2. The molecule has 2 aromatic carbocycles. The minimum absolute atomic E-state index is 0.0216. The van der Waals surface area contributed by atoms with Crippen LogP contribution in [0.3, 0.4) is 0 Å². The molecular weight excluding hydrogens is 465 g/mol. The van der Waals surface area contributed by atoms with Crippen LogP contribution in [-0.2, 0) is 11.2 Å². The molecule has 3 aliphatic heterocycles. The molecule has 3 unspecified atom stereocenters. The lowest BCUT2D eigenvalue weighted by atomic mass is 10.1. The zero-order chi connectivity index (χ0) is 25.5. The van der Waals surface area contributed by atoms with E-state index in [2.05, 4.69) is 23.7 Å². The van der Waals surface area contributed by atoms with Gasteiger partial charge in [-0.3, -0.25) is 14.5 Å². The van der Waals surface area contributed by atoms with Gasteiger partial charge in [0.25, 0.3) is 5.91 Å². The smallest absolute Gasteiger partial charge is 0.251 e. The Balaban J connectivity index is 0.000000261. The molecule has 188 valence electrons. The van der Waals surface area contributed by atoms with Crippen molar-refractivity contribution in [2.24, 2.45) is 0 Å². The van der Waals surface area contributed by atoms with Gasteiger partial charge in [-0.25, -0.2) is 4.39 Å². The molecule has 8 heteroatoms. The number of fused-ring (bicyclic) bond motifs is 4. The van der Waals surface area contributed by atoms with Gasteiger partial charge < -0.3 is 15.3 Å². The molecular formula is C27H34FN3O3S. The summed E-state index contributed by atoms with van der Waals surface area (Å²) in [5, 5.41) is 12.4. The number of halogens is 1. The Kier molecular flexibility index (Phi) is 9.34. The second-order valence-electron chi connectivity index (χ2n) is 8.94. The first kappa shape index (κ1) is 26.8. The summed E-state index contributed by atoms with van der Waals surface area (Å²) >= 11 is 1.96. The first-order valence-electron chi connectivity index (χ1n) is 11.8. The molecule has 2 amide bonds. The van der Waals surface area contributed by atoms with Crippen LogP contribution in [0.15, 0.2) is 55.1 Å². The molecule has 2 N–H and O–H groups in total. The predicted octanol–water partition coefficient (Wildman–Crippen LogP) is 3.98. The summed E-state index contributed by atoms with van der Waals surface area (Å²) in [6, 6.07) is 11.9. The van der Waals surface area contributed by atoms with E-state index in [0.717, 1.165) is 38.0 Å². The lowest BCUT2D eigenvalue weighted by molar-refractivity contribution is -0.127. The maximum atomic E-state index is 13.7. The Morgan fingerprint density at radius 2 is 1.91 bits per heavy atom. The third kappa shape index (κ3) is 7.08. The van der Waals surface area contributed by atoms with E-state index >= 15 is 0 Å². The summed E-state index contributed by atoms with van der Waals surface area (Å²) in [6.45, 7) is 10.0. The number of aryl methyl sites for hydroxylation is 1. The van der Waals surface area contributed by atoms with E-state index in [-0.39, 0.29) is 23.4 Å². The summed E-state index contributed by atoms with van der Waals surface area (Å²) < 4.78 is 13.7. The monoisotopic (exact) mass is 499 g/mol. The van der Waals surface area contributed by atoms with Crippen molar-refractivity contribution in [3.8, 4) is 5.75 Å². The maximum Gasteiger partial charge on any atom is 0.251 e. The third-order valence-corrected chi connectivity index (χ3v) is 7.90. The van der Waals surface area contributed by atoms with Gasteiger partial charge in [0, 0.05) is 43.5 Å². The fourth-order valence-electron chi connectivity index (χ4n) is 4.28. The topological polar surface area (TPSA) is 72.9 Å². The average molecular weight is 500 g/mol. The van der Waals surface area contributed by atoms with Crippen LogP contribution in [0, 0.1) is 12.7 Å². The number of aromatic hydroxyl groups is 1. The minimum atomic E-state index is -0.148. The van der Waals surface area contributed by atoms with Crippen molar-refractivity contribution in [3.63, 3.8) is 0 Å². The second-order valence-corrected chi connectivity index (χ2v) is 10.4. The molecule has 35 heavy (non-hydrogen) atoms. The molecule has 3 aliphatic rings. The van der Waals surface area contributed by atoms with Crippen molar-refractivity contribution in [3.05, 3.63) is 77.6 Å². The van der Waals surface area contributed by atoms with Gasteiger partial charge in [0.1, 0.15) is 11.6 Å². The number of phenols is 1. The number of amides is 2. The van der Waals surface area contributed by atoms with Crippen LogP contribution in [0.4, 0.5) is 4.39 Å². The van der Waals surface area contributed by atoms with E-state index in [1.54, 1.807) is 32.2 Å². The van der Waals surface area contributed by atoms with Crippen molar-refractivity contribution in [1.82, 2.24) is 15.1 Å². The Morgan fingerprint density at radius 1 is 1.23 bits per heavy atom. The van der Waals surface area contributed by atoms with Gasteiger partial charge in [-0.05, 0) is 74.2 Å². The Bertz CT molecular complexity index is 1040. The molecule has 6 nitrogen and oxygen atoms in total. The molecule has 3 atom stereocenters. The van der Waals surface area contributed by atoms with Crippen LogP contribution in [0.1, 0.15) is 34.8 Å². The van der Waals surface area contributed by atoms with Crippen LogP contribution in [-0.4, -0.2) is 70.1 Å². The number of hydrogen-bond donors (Lipinski definition) is 2. The van der Waals surface area contributed by atoms with Gasteiger partial charge in [0.15, 0.2) is 0 Å². The van der Waals surface area contributed by atoms with Crippen LogP contribution < -0.4 is 5.32 Å². The first-order chi connectivity index (χ1) is 16.7. The number of benzene rings is 2. The number of hydrogen-bond acceptors (Lipinski definition) is 5. The summed E-state index contributed by atoms with van der Waals surface area (Å²) in [4.78, 5) is 27.4. The quantitative estimate of drug-likeness (QED) is 0.609. The zero-order valence-electron chi connectivity index (χ0n) is 20.5. The molecule has 0 saturated carbocycles. The standard InChI is InChI=1S/C19H25FN2OS.C8H9NO2/c1-4-18(23)21-11-14(3)22(19-10-16(12-21)24-19)8-7-15-6-5-13(2)17(20)9-15;1-9-8(11)6-2-4-7(10)5-3-6/h4-6,9,14,16,19H,1,7-8,10-12H2,2-3H3;2-5,10H,1H3,(H,9,11). The van der Waals surface area contributed by atoms with Crippen LogP contribution >= 0.6 is 11.8 Å². The molecule has 0 radical (unpaired) electrons. The summed E-state index contributed by atoms with van der Waals surface area (Å²) in [5.41, 5.74) is 2.27. The number of nitrogens with one attached hydrogen (secondary N) is 1. The van der Waals surface area contributed by atoms with Gasteiger partial charge in [-0.15, -0.1) is 11.8 Å². The second kappa shape index (κ2) is 12.2. The zero-order valence-corrected chi connectivity index (χ0v) is 21.4. The fraction of sp³-hybridized carbons (Fsp3) is 0.407. The largest absolute Gasteiger partial charge is 0.508 e. The number of rotatable bonds is 5. The highest BCUT2D eigenvalue weighted by atomic mass is 32.2. The SMILES string of the molecule is C=CC(=O)N1CC2CC(S2)N(CCc2ccc(C)c(F)c2)C(C)C1.CNC(=O)c1ccc(O)cc1. The van der Waals surface area contributed by atoms with E-state index in [0.29, 0.717) is 27.8 Å². The number of phenolic OH excluding ortho intramolecular Hbond substituents is 1. The lowest BCUT2D eigenvalue weighted by Crippen LogP contribution is -2.58. The summed E-state index contributed by atoms with van der Waals surface area (Å²) in [6.07, 6.45) is 3.37.